The molecule has 10 nitrogen and oxygen atoms in total. The SMILES string of the molecule is NCCCn1nc2c(c1C(=O)O)CCc1cnc(-c3ccc4c(c3)OCO4)cc1-2.O=C(O)C(F)(F)F. The fraction of sp³-hybridized carbons (Fsp3) is 0.304. The predicted molar refractivity (Wildman–Crippen MR) is 119 cm³/mol. The highest BCUT2D eigenvalue weighted by Crippen LogP contribution is 2.39. The van der Waals surface area contributed by atoms with Gasteiger partial charge in [0.2, 0.25) is 6.79 Å². The second-order valence-electron chi connectivity index (χ2n) is 7.94. The number of halogens is 3. The van der Waals surface area contributed by atoms with Gasteiger partial charge in [-0.05, 0) is 55.6 Å². The Morgan fingerprint density at radius 3 is 2.50 bits per heavy atom. The molecule has 5 rings (SSSR count). The van der Waals surface area contributed by atoms with E-state index in [2.05, 4.69) is 10.1 Å². The highest BCUT2D eigenvalue weighted by molar-refractivity contribution is 5.91. The first-order valence-electron chi connectivity index (χ1n) is 10.8. The van der Waals surface area contributed by atoms with Crippen molar-refractivity contribution < 1.29 is 42.4 Å². The van der Waals surface area contributed by atoms with E-state index in [9.17, 15) is 23.1 Å². The minimum atomic E-state index is -5.08. The van der Waals surface area contributed by atoms with Gasteiger partial charge in [0.05, 0.1) is 11.4 Å². The molecule has 0 atom stereocenters. The molecule has 0 saturated heterocycles. The summed E-state index contributed by atoms with van der Waals surface area (Å²) < 4.78 is 44.2. The topological polar surface area (TPSA) is 150 Å². The molecule has 3 aromatic rings. The molecule has 190 valence electrons. The lowest BCUT2D eigenvalue weighted by Gasteiger charge is -2.16. The minimum absolute atomic E-state index is 0.220. The lowest BCUT2D eigenvalue weighted by Crippen LogP contribution is -2.21. The van der Waals surface area contributed by atoms with Crippen molar-refractivity contribution in [3.05, 3.63) is 47.3 Å². The fourth-order valence-electron chi connectivity index (χ4n) is 3.97. The van der Waals surface area contributed by atoms with E-state index in [1.54, 1.807) is 4.68 Å². The van der Waals surface area contributed by atoms with E-state index in [4.69, 9.17) is 25.1 Å². The standard InChI is InChI=1S/C21H20N4O4.C2HF3O2/c22-6-1-7-25-20(21(26)27)14-4-2-13-10-23-16(9-15(13)19(14)24-25)12-3-5-17-18(8-12)29-11-28-17;3-2(4,5)1(6)7/h3,5,8-10H,1-2,4,6-7,11,22H2,(H,26,27);(H,6,7). The largest absolute Gasteiger partial charge is 0.490 e. The summed E-state index contributed by atoms with van der Waals surface area (Å²) in [7, 11) is 0. The molecule has 0 amide bonds. The number of benzene rings is 1. The maximum atomic E-state index is 11.9. The van der Waals surface area contributed by atoms with Crippen molar-refractivity contribution in [3.8, 4) is 34.0 Å². The summed E-state index contributed by atoms with van der Waals surface area (Å²) in [5, 5.41) is 21.5. The number of hydrogen-bond donors (Lipinski definition) is 3. The number of hydrogen-bond acceptors (Lipinski definition) is 7. The fourth-order valence-corrected chi connectivity index (χ4v) is 3.97. The number of pyridine rings is 1. The number of carboxylic acids is 2. The normalized spacial score (nSPS) is 13.3. The monoisotopic (exact) mass is 506 g/mol. The van der Waals surface area contributed by atoms with Crippen molar-refractivity contribution in [1.29, 1.82) is 0 Å². The third-order valence-electron chi connectivity index (χ3n) is 5.62. The predicted octanol–water partition coefficient (Wildman–Crippen LogP) is 3.12. The van der Waals surface area contributed by atoms with Crippen LogP contribution in [0.5, 0.6) is 11.5 Å². The number of ether oxygens (including phenoxy) is 2. The van der Waals surface area contributed by atoms with Crippen molar-refractivity contribution in [2.75, 3.05) is 13.3 Å². The number of nitrogens with two attached hydrogens (primary N) is 1. The smallest absolute Gasteiger partial charge is 0.477 e. The van der Waals surface area contributed by atoms with Crippen LogP contribution >= 0.6 is 0 Å². The molecule has 0 bridgehead atoms. The summed E-state index contributed by atoms with van der Waals surface area (Å²) in [5.41, 5.74) is 11.1. The number of carbonyl (C=O) groups is 2. The zero-order valence-electron chi connectivity index (χ0n) is 18.7. The van der Waals surface area contributed by atoms with Crippen LogP contribution in [0, 0.1) is 0 Å². The van der Waals surface area contributed by atoms with Crippen LogP contribution in [0.15, 0.2) is 30.5 Å². The molecule has 2 aromatic heterocycles. The van der Waals surface area contributed by atoms with Crippen molar-refractivity contribution in [1.82, 2.24) is 14.8 Å². The summed E-state index contributed by atoms with van der Waals surface area (Å²) >= 11 is 0. The van der Waals surface area contributed by atoms with Crippen LogP contribution in [0.3, 0.4) is 0 Å². The maximum absolute atomic E-state index is 11.9. The van der Waals surface area contributed by atoms with Crippen molar-refractivity contribution >= 4 is 11.9 Å². The molecule has 1 aromatic carbocycles. The van der Waals surface area contributed by atoms with Gasteiger partial charge in [-0.3, -0.25) is 9.67 Å². The van der Waals surface area contributed by atoms with Crippen LogP contribution in [0.25, 0.3) is 22.5 Å². The zero-order valence-corrected chi connectivity index (χ0v) is 18.7. The summed E-state index contributed by atoms with van der Waals surface area (Å²) in [4.78, 5) is 25.4. The van der Waals surface area contributed by atoms with E-state index >= 15 is 0 Å². The van der Waals surface area contributed by atoms with Crippen LogP contribution in [0.2, 0.25) is 0 Å². The number of rotatable bonds is 5. The van der Waals surface area contributed by atoms with E-state index in [-0.39, 0.29) is 12.5 Å². The average Bonchev–Trinajstić information content (AvgIpc) is 3.46. The van der Waals surface area contributed by atoms with Crippen LogP contribution in [0.4, 0.5) is 13.2 Å². The Labute approximate surface area is 202 Å². The van der Waals surface area contributed by atoms with Gasteiger partial charge in [-0.1, -0.05) is 0 Å². The Hall–Kier alpha value is -4.13. The molecule has 0 radical (unpaired) electrons. The van der Waals surface area contributed by atoms with Gasteiger partial charge in [-0.25, -0.2) is 9.59 Å². The molecule has 1 aliphatic carbocycles. The molecule has 0 fully saturated rings. The number of alkyl halides is 3. The average molecular weight is 506 g/mol. The van der Waals surface area contributed by atoms with E-state index in [0.29, 0.717) is 31.7 Å². The number of aromatic nitrogens is 3. The maximum Gasteiger partial charge on any atom is 0.490 e. The number of carboxylic acid groups (broad SMARTS) is 2. The second kappa shape index (κ2) is 9.85. The Morgan fingerprint density at radius 1 is 1.11 bits per heavy atom. The van der Waals surface area contributed by atoms with Gasteiger partial charge in [0, 0.05) is 29.4 Å². The van der Waals surface area contributed by atoms with Gasteiger partial charge >= 0.3 is 18.1 Å². The van der Waals surface area contributed by atoms with E-state index in [1.165, 1.54) is 0 Å². The Kier molecular flexibility index (Phi) is 6.84. The third kappa shape index (κ3) is 4.96. The van der Waals surface area contributed by atoms with E-state index in [0.717, 1.165) is 45.8 Å². The molecular formula is C23H21F3N4O6. The van der Waals surface area contributed by atoms with Crippen LogP contribution in [-0.2, 0) is 24.2 Å². The Balaban J connectivity index is 0.000000384. The van der Waals surface area contributed by atoms with Crippen molar-refractivity contribution in [3.63, 3.8) is 0 Å². The highest BCUT2D eigenvalue weighted by Gasteiger charge is 2.38. The third-order valence-corrected chi connectivity index (χ3v) is 5.62. The van der Waals surface area contributed by atoms with Gasteiger partial charge in [0.15, 0.2) is 11.5 Å². The number of fused-ring (bicyclic) bond motifs is 4. The minimum Gasteiger partial charge on any atom is -0.477 e. The van der Waals surface area contributed by atoms with Gasteiger partial charge in [0.25, 0.3) is 0 Å². The van der Waals surface area contributed by atoms with Gasteiger partial charge in [0.1, 0.15) is 5.69 Å². The molecule has 4 N–H and O–H groups in total. The van der Waals surface area contributed by atoms with E-state index in [1.807, 2.05) is 30.5 Å². The van der Waals surface area contributed by atoms with E-state index < -0.39 is 18.1 Å². The Morgan fingerprint density at radius 2 is 1.83 bits per heavy atom. The first-order valence-corrected chi connectivity index (χ1v) is 10.8. The van der Waals surface area contributed by atoms with Crippen LogP contribution in [0.1, 0.15) is 28.0 Å². The molecule has 3 heterocycles. The lowest BCUT2D eigenvalue weighted by molar-refractivity contribution is -0.192. The molecule has 0 spiro atoms. The Bertz CT molecular complexity index is 1320. The second-order valence-corrected chi connectivity index (χ2v) is 7.94. The quantitative estimate of drug-likeness (QED) is 0.474. The number of aromatic carboxylic acids is 1. The molecule has 1 aliphatic heterocycles. The van der Waals surface area contributed by atoms with Crippen molar-refractivity contribution in [2.24, 2.45) is 5.73 Å². The van der Waals surface area contributed by atoms with Gasteiger partial charge < -0.3 is 25.4 Å². The van der Waals surface area contributed by atoms with Gasteiger partial charge in [-0.2, -0.15) is 18.3 Å². The molecule has 13 heteroatoms. The molecule has 0 saturated carbocycles. The molecule has 36 heavy (non-hydrogen) atoms. The first-order chi connectivity index (χ1) is 17.1. The zero-order chi connectivity index (χ0) is 26.0. The van der Waals surface area contributed by atoms with Crippen LogP contribution < -0.4 is 15.2 Å². The van der Waals surface area contributed by atoms with Gasteiger partial charge in [-0.15, -0.1) is 0 Å². The highest BCUT2D eigenvalue weighted by atomic mass is 19.4. The lowest BCUT2D eigenvalue weighted by atomic mass is 9.89. The molecular weight excluding hydrogens is 485 g/mol. The summed E-state index contributed by atoms with van der Waals surface area (Å²) in [6.45, 7) is 1.19. The summed E-state index contributed by atoms with van der Waals surface area (Å²) in [6.07, 6.45) is -1.18. The number of nitrogens with zero attached hydrogens (tertiary/aromatic N) is 3. The van der Waals surface area contributed by atoms with Crippen molar-refractivity contribution in [2.45, 2.75) is 32.0 Å². The van der Waals surface area contributed by atoms with Crippen LogP contribution in [-0.4, -0.2) is 56.4 Å². The first kappa shape index (κ1) is 25.0. The molecule has 2 aliphatic rings. The molecule has 0 unspecified atom stereocenters. The number of aliphatic carboxylic acids is 1. The number of aryl methyl sites for hydroxylation is 2. The summed E-state index contributed by atoms with van der Waals surface area (Å²) in [6, 6.07) is 7.70. The summed E-state index contributed by atoms with van der Waals surface area (Å²) in [5.74, 6) is -2.29.